The van der Waals surface area contributed by atoms with Gasteiger partial charge in [-0.25, -0.2) is 8.42 Å². The van der Waals surface area contributed by atoms with Gasteiger partial charge in [0.2, 0.25) is 11.8 Å². The number of rotatable bonds is 13. The standard InChI is InChI=1S/C38H43N3O5S/c1-28-21-22-29(2)35(23-28)41(47(44,45)34-19-8-5-9-20-34)27-37(42)40(26-31-15-12-18-33(24-31)46-3)36(25-30-13-6-4-7-14-30)38(43)39-32-16-10-11-17-32/h4-9,12-15,18-24,32,36H,10-11,16-17,25-27H2,1-3H3,(H,39,43)/t36-/m1/s1. The summed E-state index contributed by atoms with van der Waals surface area (Å²) >= 11 is 0. The van der Waals surface area contributed by atoms with Crippen molar-refractivity contribution >= 4 is 27.5 Å². The molecule has 0 aliphatic heterocycles. The highest BCUT2D eigenvalue weighted by Crippen LogP contribution is 2.29. The molecule has 4 aromatic carbocycles. The monoisotopic (exact) mass is 653 g/mol. The predicted octanol–water partition coefficient (Wildman–Crippen LogP) is 6.21. The number of carbonyl (C=O) groups is 2. The van der Waals surface area contributed by atoms with Gasteiger partial charge in [-0.05, 0) is 79.3 Å². The quantitative estimate of drug-likeness (QED) is 0.185. The molecule has 0 spiro atoms. The second kappa shape index (κ2) is 15.3. The summed E-state index contributed by atoms with van der Waals surface area (Å²) in [5.41, 5.74) is 3.64. The van der Waals surface area contributed by atoms with E-state index in [9.17, 15) is 18.0 Å². The van der Waals surface area contributed by atoms with Crippen molar-refractivity contribution < 1.29 is 22.7 Å². The predicted molar refractivity (Wildman–Crippen MR) is 185 cm³/mol. The van der Waals surface area contributed by atoms with Crippen LogP contribution in [0.25, 0.3) is 0 Å². The van der Waals surface area contributed by atoms with Gasteiger partial charge in [0.1, 0.15) is 18.3 Å². The molecule has 4 aromatic rings. The number of carbonyl (C=O) groups excluding carboxylic acids is 2. The summed E-state index contributed by atoms with van der Waals surface area (Å²) in [6.45, 7) is 3.30. The van der Waals surface area contributed by atoms with E-state index in [4.69, 9.17) is 4.74 Å². The number of methoxy groups -OCH3 is 1. The lowest BCUT2D eigenvalue weighted by Crippen LogP contribution is -2.54. The molecule has 1 fully saturated rings. The Bertz CT molecular complexity index is 1770. The zero-order valence-corrected chi connectivity index (χ0v) is 28.1. The molecule has 0 bridgehead atoms. The van der Waals surface area contributed by atoms with Gasteiger partial charge >= 0.3 is 0 Å². The Balaban J connectivity index is 1.59. The maximum absolute atomic E-state index is 14.7. The molecule has 0 aromatic heterocycles. The smallest absolute Gasteiger partial charge is 0.264 e. The van der Waals surface area contributed by atoms with Crippen LogP contribution in [0, 0.1) is 13.8 Å². The van der Waals surface area contributed by atoms with Crippen LogP contribution in [0.5, 0.6) is 5.75 Å². The van der Waals surface area contributed by atoms with Crippen molar-refractivity contribution in [2.24, 2.45) is 0 Å². The minimum atomic E-state index is -4.16. The van der Waals surface area contributed by atoms with Gasteiger partial charge in [-0.1, -0.05) is 85.6 Å². The van der Waals surface area contributed by atoms with E-state index in [-0.39, 0.29) is 29.8 Å². The van der Waals surface area contributed by atoms with Gasteiger partial charge in [-0.2, -0.15) is 0 Å². The van der Waals surface area contributed by atoms with E-state index in [1.54, 1.807) is 31.4 Å². The summed E-state index contributed by atoms with van der Waals surface area (Å²) in [4.78, 5) is 30.5. The van der Waals surface area contributed by atoms with E-state index in [1.165, 1.54) is 21.3 Å². The van der Waals surface area contributed by atoms with E-state index in [1.807, 2.05) is 80.6 Å². The van der Waals surface area contributed by atoms with Crippen LogP contribution in [0.2, 0.25) is 0 Å². The third kappa shape index (κ3) is 8.40. The molecule has 1 atom stereocenters. The van der Waals surface area contributed by atoms with Crippen molar-refractivity contribution in [1.29, 1.82) is 0 Å². The van der Waals surface area contributed by atoms with E-state index < -0.39 is 28.5 Å². The van der Waals surface area contributed by atoms with Gasteiger partial charge in [0.25, 0.3) is 10.0 Å². The SMILES string of the molecule is COc1cccc(CN(C(=O)CN(c2cc(C)ccc2C)S(=O)(=O)c2ccccc2)[C@H](Cc2ccccc2)C(=O)NC2CCCC2)c1. The fourth-order valence-corrected chi connectivity index (χ4v) is 7.60. The largest absolute Gasteiger partial charge is 0.497 e. The molecule has 0 saturated heterocycles. The molecular weight excluding hydrogens is 611 g/mol. The van der Waals surface area contributed by atoms with E-state index in [0.29, 0.717) is 17.0 Å². The average Bonchev–Trinajstić information content (AvgIpc) is 3.60. The Morgan fingerprint density at radius 1 is 0.851 bits per heavy atom. The van der Waals surface area contributed by atoms with Crippen LogP contribution >= 0.6 is 0 Å². The van der Waals surface area contributed by atoms with Gasteiger partial charge in [0.05, 0.1) is 17.7 Å². The molecule has 246 valence electrons. The van der Waals surface area contributed by atoms with Crippen molar-refractivity contribution in [2.45, 2.75) is 69.5 Å². The maximum atomic E-state index is 14.7. The molecule has 1 aliphatic carbocycles. The number of aryl methyl sites for hydroxylation is 2. The maximum Gasteiger partial charge on any atom is 0.264 e. The molecule has 47 heavy (non-hydrogen) atoms. The lowest BCUT2D eigenvalue weighted by atomic mass is 10.0. The fourth-order valence-electron chi connectivity index (χ4n) is 6.11. The minimum Gasteiger partial charge on any atom is -0.497 e. The highest BCUT2D eigenvalue weighted by Gasteiger charge is 2.36. The number of amides is 2. The van der Waals surface area contributed by atoms with Crippen molar-refractivity contribution in [2.75, 3.05) is 18.0 Å². The normalized spacial score (nSPS) is 13.9. The molecule has 5 rings (SSSR count). The molecule has 0 radical (unpaired) electrons. The topological polar surface area (TPSA) is 96.0 Å². The molecule has 2 amide bonds. The van der Waals surface area contributed by atoms with Crippen LogP contribution in [0.4, 0.5) is 5.69 Å². The molecule has 9 heteroatoms. The van der Waals surface area contributed by atoms with Crippen LogP contribution in [0.1, 0.15) is 47.9 Å². The molecule has 0 unspecified atom stereocenters. The van der Waals surface area contributed by atoms with Gasteiger partial charge < -0.3 is 15.0 Å². The third-order valence-electron chi connectivity index (χ3n) is 8.70. The van der Waals surface area contributed by atoms with E-state index >= 15 is 0 Å². The fraction of sp³-hybridized carbons (Fsp3) is 0.316. The van der Waals surface area contributed by atoms with Crippen LogP contribution in [0.3, 0.4) is 0 Å². The summed E-state index contributed by atoms with van der Waals surface area (Å²) < 4.78 is 35.2. The molecule has 1 N–H and O–H groups in total. The molecule has 8 nitrogen and oxygen atoms in total. The molecule has 0 heterocycles. The zero-order chi connectivity index (χ0) is 33.4. The molecule has 1 saturated carbocycles. The van der Waals surface area contributed by atoms with Crippen LogP contribution < -0.4 is 14.4 Å². The van der Waals surface area contributed by atoms with Gasteiger partial charge in [0, 0.05) is 19.0 Å². The molecular formula is C38H43N3O5S. The zero-order valence-electron chi connectivity index (χ0n) is 27.3. The molecule has 1 aliphatic rings. The Kier molecular flexibility index (Phi) is 11.0. The van der Waals surface area contributed by atoms with Gasteiger partial charge in [-0.3, -0.25) is 13.9 Å². The van der Waals surface area contributed by atoms with E-state index in [0.717, 1.165) is 42.4 Å². The summed E-state index contributed by atoms with van der Waals surface area (Å²) in [5, 5.41) is 3.21. The third-order valence-corrected chi connectivity index (χ3v) is 10.5. The van der Waals surface area contributed by atoms with Crippen molar-refractivity contribution in [3.8, 4) is 5.75 Å². The first-order valence-corrected chi connectivity index (χ1v) is 17.5. The lowest BCUT2D eigenvalue weighted by Gasteiger charge is -2.34. The Hall–Kier alpha value is -4.63. The second-order valence-electron chi connectivity index (χ2n) is 12.2. The number of hydrogen-bond acceptors (Lipinski definition) is 5. The van der Waals surface area contributed by atoms with E-state index in [2.05, 4.69) is 5.32 Å². The second-order valence-corrected chi connectivity index (χ2v) is 14.0. The minimum absolute atomic E-state index is 0.0412. The van der Waals surface area contributed by atoms with Gasteiger partial charge in [0.15, 0.2) is 0 Å². The van der Waals surface area contributed by atoms with Crippen LogP contribution in [0.15, 0.2) is 108 Å². The number of nitrogens with zero attached hydrogens (tertiary/aromatic N) is 2. The number of anilines is 1. The van der Waals surface area contributed by atoms with Crippen molar-refractivity contribution in [3.63, 3.8) is 0 Å². The number of ether oxygens (including phenoxy) is 1. The van der Waals surface area contributed by atoms with Gasteiger partial charge in [-0.15, -0.1) is 0 Å². The first-order valence-electron chi connectivity index (χ1n) is 16.1. The Labute approximate surface area is 278 Å². The first kappa shape index (κ1) is 33.7. The number of hydrogen-bond donors (Lipinski definition) is 1. The Morgan fingerprint density at radius 2 is 1.51 bits per heavy atom. The first-order chi connectivity index (χ1) is 22.7. The highest BCUT2D eigenvalue weighted by molar-refractivity contribution is 7.92. The van der Waals surface area contributed by atoms with Crippen LogP contribution in [-0.2, 0) is 32.6 Å². The van der Waals surface area contributed by atoms with Crippen molar-refractivity contribution in [1.82, 2.24) is 10.2 Å². The highest BCUT2D eigenvalue weighted by atomic mass is 32.2. The number of sulfonamides is 1. The summed E-state index contributed by atoms with van der Waals surface area (Å²) in [7, 11) is -2.59. The number of nitrogens with one attached hydrogen (secondary N) is 1. The van der Waals surface area contributed by atoms with Crippen molar-refractivity contribution in [3.05, 3.63) is 125 Å². The Morgan fingerprint density at radius 3 is 2.19 bits per heavy atom. The van der Waals surface area contributed by atoms with Crippen LogP contribution in [-0.4, -0.2) is 50.9 Å². The number of benzene rings is 4. The lowest BCUT2D eigenvalue weighted by molar-refractivity contribution is -0.140. The summed E-state index contributed by atoms with van der Waals surface area (Å²) in [6, 6.07) is 29.8. The average molecular weight is 654 g/mol. The summed E-state index contributed by atoms with van der Waals surface area (Å²) in [5.74, 6) is -0.120. The summed E-state index contributed by atoms with van der Waals surface area (Å²) in [6.07, 6.45) is 4.14.